The molecule has 0 heterocycles. The maximum absolute atomic E-state index is 12.5. The highest BCUT2D eigenvalue weighted by Crippen LogP contribution is 2.38. The molecule has 0 saturated heterocycles. The molecule has 0 aromatic heterocycles. The van der Waals surface area contributed by atoms with Crippen molar-refractivity contribution in [3.05, 3.63) is 24.3 Å². The molecule has 1 aliphatic carbocycles. The summed E-state index contributed by atoms with van der Waals surface area (Å²) in [5.41, 5.74) is 0.644. The van der Waals surface area contributed by atoms with Gasteiger partial charge < -0.3 is 57.1 Å². The third-order valence-electron chi connectivity index (χ3n) is 8.40. The molecule has 2 atom stereocenters. The van der Waals surface area contributed by atoms with Crippen LogP contribution in [-0.2, 0) is 55.8 Å². The molecule has 17 nitrogen and oxygen atoms in total. The number of alkyl carbamates (subject to hydrolysis) is 2. The monoisotopic (exact) mass is 1210 g/mol. The molecule has 2 unspecified atom stereocenters. The smallest absolute Gasteiger partial charge is 0.407 e. The number of carbonyl (C=O) groups is 5. The van der Waals surface area contributed by atoms with Crippen LogP contribution < -0.4 is 10.6 Å². The molecule has 0 radical (unpaired) electrons. The van der Waals surface area contributed by atoms with Gasteiger partial charge in [-0.25, -0.2) is 19.2 Å². The van der Waals surface area contributed by atoms with Gasteiger partial charge in [0.2, 0.25) is 16.6 Å². The van der Waals surface area contributed by atoms with Crippen molar-refractivity contribution < 1.29 is 70.5 Å². The van der Waals surface area contributed by atoms with Gasteiger partial charge in [0.25, 0.3) is 0 Å². The molecule has 1 aliphatic rings. The molecule has 0 aliphatic heterocycles. The fraction of sp³-hybridized carbons (Fsp3) is 0.842. The maximum Gasteiger partial charge on any atom is 0.407 e. The second-order valence-electron chi connectivity index (χ2n) is 18.3. The summed E-state index contributed by atoms with van der Waals surface area (Å²) in [6.07, 6.45) is 2.33. The van der Waals surface area contributed by atoms with Crippen LogP contribution in [0.25, 0.3) is 0 Å². The first-order valence-corrected chi connectivity index (χ1v) is 32.7. The minimum absolute atomic E-state index is 0. The SMILES string of the molecule is C.C.C.C.C.C.C.C.C.C.C.C.C.C.C.C.C.C.C=C(C)C(=O)OCCC(=O)OC[Si](C)(C)O[Si](C)(C)COC(=O)NCC1CC(NC(=O)OCCOC)CC(C)(C)C1.C=C(C)C(=O)OCCOC[Si](C)(C)O[Si](C)(C)CO. The molecule has 3 N–H and O–H groups in total. The summed E-state index contributed by atoms with van der Waals surface area (Å²) < 4.78 is 48.6. The zero-order valence-electron chi connectivity index (χ0n) is 38.6. The number of rotatable bonds is 25. The number of aliphatic hydroxyl groups is 1. The van der Waals surface area contributed by atoms with E-state index in [9.17, 15) is 29.1 Å². The van der Waals surface area contributed by atoms with Gasteiger partial charge in [0.05, 0.1) is 32.1 Å². The number of ether oxygens (including phenoxy) is 7. The lowest BCUT2D eigenvalue weighted by molar-refractivity contribution is -0.146. The Hall–Kier alpha value is -2.90. The van der Waals surface area contributed by atoms with E-state index in [1.165, 1.54) is 6.92 Å². The lowest BCUT2D eigenvalue weighted by Crippen LogP contribution is -2.51. The average Bonchev–Trinajstić information content (AvgIpc) is 3.10. The molecule has 21 heteroatoms. The van der Waals surface area contributed by atoms with Crippen molar-refractivity contribution in [1.29, 1.82) is 0 Å². The zero-order valence-corrected chi connectivity index (χ0v) is 42.6. The Labute approximate surface area is 495 Å². The summed E-state index contributed by atoms with van der Waals surface area (Å²) in [7, 11) is -7.20. The van der Waals surface area contributed by atoms with Crippen LogP contribution in [0.15, 0.2) is 24.3 Å². The van der Waals surface area contributed by atoms with E-state index in [0.717, 1.165) is 19.3 Å². The molecule has 0 aromatic rings. The second-order valence-corrected chi connectivity index (χ2v) is 35.2. The summed E-state index contributed by atoms with van der Waals surface area (Å²) >= 11 is 0. The average molecular weight is 1210 g/mol. The van der Waals surface area contributed by atoms with Gasteiger partial charge in [-0.3, -0.25) is 4.79 Å². The molecular formula is C57H148N2O15Si4. The number of hydrogen-bond donors (Lipinski definition) is 3. The molecule has 0 bridgehead atoms. The second kappa shape index (κ2) is 63.3. The van der Waals surface area contributed by atoms with E-state index in [1.54, 1.807) is 14.0 Å². The van der Waals surface area contributed by atoms with Gasteiger partial charge in [-0.1, -0.05) is 161 Å². The molecule has 0 spiro atoms. The highest BCUT2D eigenvalue weighted by molar-refractivity contribution is 6.85. The predicted octanol–water partition coefficient (Wildman–Crippen LogP) is 16.9. The van der Waals surface area contributed by atoms with Crippen molar-refractivity contribution in [2.75, 3.05) is 71.6 Å². The first kappa shape index (κ1) is 131. The van der Waals surface area contributed by atoms with Crippen molar-refractivity contribution in [1.82, 2.24) is 10.6 Å². The fourth-order valence-corrected chi connectivity index (χ4v) is 20.8. The van der Waals surface area contributed by atoms with E-state index in [4.69, 9.17) is 41.4 Å². The van der Waals surface area contributed by atoms with Gasteiger partial charge in [0.1, 0.15) is 32.3 Å². The van der Waals surface area contributed by atoms with Crippen LogP contribution in [0.2, 0.25) is 52.4 Å². The molecule has 1 saturated carbocycles. The van der Waals surface area contributed by atoms with Crippen molar-refractivity contribution in [3.8, 4) is 0 Å². The van der Waals surface area contributed by atoms with Crippen LogP contribution in [0.1, 0.15) is 187 Å². The normalized spacial score (nSPS) is 12.7. The molecule has 78 heavy (non-hydrogen) atoms. The third kappa shape index (κ3) is 67.4. The van der Waals surface area contributed by atoms with E-state index in [1.807, 2.05) is 39.3 Å². The lowest BCUT2D eigenvalue weighted by atomic mass is 9.70. The molecule has 0 aromatic carbocycles. The van der Waals surface area contributed by atoms with E-state index in [-0.39, 0.29) is 202 Å². The van der Waals surface area contributed by atoms with Crippen molar-refractivity contribution in [2.24, 2.45) is 11.3 Å². The van der Waals surface area contributed by atoms with Gasteiger partial charge in [-0.05, 0) is 96.8 Å². The summed E-state index contributed by atoms with van der Waals surface area (Å²) in [5, 5.41) is 15.0. The molecule has 492 valence electrons. The van der Waals surface area contributed by atoms with Crippen LogP contribution in [0.3, 0.4) is 0 Å². The number of esters is 3. The number of carbonyl (C=O) groups excluding carboxylic acids is 5. The standard InChI is InChI=1S/C27H50N2O10Si2.C12H26O5Si2.18CH4/c1-20(2)24(31)35-11-10-23(30)37-18-40(6,7)39-41(8,9)19-38-25(32)28-17-21-14-22(16-27(3,4)15-21)29-26(33)36-13-12-34-5;1-11(2)12(14)16-8-7-15-10-19(5,6)17-18(3,4)9-13;;;;;;;;;;;;;;;;;;/h21-22H,1,10-19H2,2-9H3,(H,28,32)(H,29,33);13H,1,7-10H2,2-6H3;18*1H4. The summed E-state index contributed by atoms with van der Waals surface area (Å²) in [6.45, 7) is 31.7. The summed E-state index contributed by atoms with van der Waals surface area (Å²) in [6, 6.07) is -0.0518. The topological polar surface area (TPSA) is 213 Å². The summed E-state index contributed by atoms with van der Waals surface area (Å²) in [4.78, 5) is 59.1. The Balaban J connectivity index is -0.0000000490. The predicted molar refractivity (Wildman–Crippen MR) is 359 cm³/mol. The Morgan fingerprint density at radius 1 is 0.526 bits per heavy atom. The van der Waals surface area contributed by atoms with Crippen LogP contribution in [-0.4, -0.2) is 146 Å². The summed E-state index contributed by atoms with van der Waals surface area (Å²) in [5.74, 6) is -1.26. The van der Waals surface area contributed by atoms with Gasteiger partial charge in [-0.2, -0.15) is 0 Å². The first-order chi connectivity index (χ1) is 27.5. The number of methoxy groups -OCH3 is 1. The van der Waals surface area contributed by atoms with Crippen LogP contribution in [0, 0.1) is 11.3 Å². The number of aliphatic hydroxyl groups excluding tert-OH is 1. The Kier molecular flexibility index (Phi) is 106. The Morgan fingerprint density at radius 2 is 0.923 bits per heavy atom. The molecular weight excluding hydrogens is 1060 g/mol. The number of hydrogen-bond acceptors (Lipinski definition) is 15. The van der Waals surface area contributed by atoms with Crippen molar-refractivity contribution >= 4 is 63.4 Å². The van der Waals surface area contributed by atoms with Crippen LogP contribution in [0.5, 0.6) is 0 Å². The van der Waals surface area contributed by atoms with Crippen LogP contribution >= 0.6 is 0 Å². The van der Waals surface area contributed by atoms with Gasteiger partial charge in [0.15, 0.2) is 16.6 Å². The van der Waals surface area contributed by atoms with Gasteiger partial charge in [-0.15, -0.1) is 0 Å². The molecule has 1 rings (SSSR count). The zero-order chi connectivity index (χ0) is 46.4. The van der Waals surface area contributed by atoms with E-state index >= 15 is 0 Å². The van der Waals surface area contributed by atoms with Gasteiger partial charge >= 0.3 is 30.1 Å². The van der Waals surface area contributed by atoms with Crippen LogP contribution in [0.4, 0.5) is 9.59 Å². The molecule has 2 amide bonds. The number of nitrogens with one attached hydrogen (secondary N) is 2. The lowest BCUT2D eigenvalue weighted by Gasteiger charge is -2.40. The highest BCUT2D eigenvalue weighted by atomic mass is 28.4. The van der Waals surface area contributed by atoms with Gasteiger partial charge in [0, 0.05) is 30.8 Å². The fourth-order valence-electron chi connectivity index (χ4n) is 6.24. The van der Waals surface area contributed by atoms with E-state index in [2.05, 4.69) is 50.7 Å². The number of amides is 2. The molecule has 1 fully saturated rings. The quantitative estimate of drug-likeness (QED) is 0.0255. The minimum atomic E-state index is -2.42. The maximum atomic E-state index is 12.5. The minimum Gasteiger partial charge on any atom is -0.466 e. The van der Waals surface area contributed by atoms with Crippen molar-refractivity contribution in [2.45, 2.75) is 245 Å². The van der Waals surface area contributed by atoms with E-state index in [0.29, 0.717) is 31.6 Å². The Bertz CT molecular complexity index is 1420. The van der Waals surface area contributed by atoms with E-state index < -0.39 is 63.4 Å². The largest absolute Gasteiger partial charge is 0.466 e. The highest BCUT2D eigenvalue weighted by Gasteiger charge is 2.37. The Morgan fingerprint density at radius 3 is 1.35 bits per heavy atom. The third-order valence-corrected chi connectivity index (χ3v) is 20.6. The first-order valence-electron chi connectivity index (χ1n) is 20.3. The van der Waals surface area contributed by atoms with Crippen molar-refractivity contribution in [3.63, 3.8) is 0 Å².